The predicted molar refractivity (Wildman–Crippen MR) is 57.0 cm³/mol. The average Bonchev–Trinajstić information content (AvgIpc) is 2.16. The van der Waals surface area contributed by atoms with Gasteiger partial charge in [0.1, 0.15) is 0 Å². The number of hydrazone groups is 1. The van der Waals surface area contributed by atoms with Crippen LogP contribution in [0.2, 0.25) is 0 Å². The summed E-state index contributed by atoms with van der Waals surface area (Å²) in [6, 6.07) is 10.3. The Morgan fingerprint density at radius 2 is 1.85 bits per heavy atom. The number of hydrogen-bond donors (Lipinski definition) is 1. The highest BCUT2D eigenvalue weighted by molar-refractivity contribution is 5.72. The van der Waals surface area contributed by atoms with Crippen LogP contribution in [0.25, 0.3) is 0 Å². The molecule has 0 unspecified atom stereocenters. The molecule has 2 heteroatoms. The van der Waals surface area contributed by atoms with E-state index in [1.165, 1.54) is 5.56 Å². The SMILES string of the molecule is CN/N=C/C(C)(C)c1ccccc1. The van der Waals surface area contributed by atoms with E-state index in [2.05, 4.69) is 36.5 Å². The fourth-order valence-corrected chi connectivity index (χ4v) is 1.17. The van der Waals surface area contributed by atoms with Gasteiger partial charge < -0.3 is 5.43 Å². The Hall–Kier alpha value is -1.31. The maximum Gasteiger partial charge on any atom is 0.0342 e. The molecule has 0 saturated heterocycles. The third-order valence-corrected chi connectivity index (χ3v) is 2.03. The van der Waals surface area contributed by atoms with Crippen molar-refractivity contribution in [3.63, 3.8) is 0 Å². The van der Waals surface area contributed by atoms with Gasteiger partial charge in [0, 0.05) is 18.7 Å². The van der Waals surface area contributed by atoms with Crippen LogP contribution in [-0.4, -0.2) is 13.3 Å². The van der Waals surface area contributed by atoms with Crippen molar-refractivity contribution in [2.75, 3.05) is 7.05 Å². The van der Waals surface area contributed by atoms with Crippen molar-refractivity contribution in [1.29, 1.82) is 0 Å². The summed E-state index contributed by atoms with van der Waals surface area (Å²) in [4.78, 5) is 0. The normalized spacial score (nSPS) is 11.9. The molecule has 13 heavy (non-hydrogen) atoms. The molecular weight excluding hydrogens is 160 g/mol. The van der Waals surface area contributed by atoms with Gasteiger partial charge in [0.15, 0.2) is 0 Å². The van der Waals surface area contributed by atoms with Gasteiger partial charge in [-0.15, -0.1) is 0 Å². The molecule has 0 aromatic heterocycles. The summed E-state index contributed by atoms with van der Waals surface area (Å²) in [6.07, 6.45) is 1.92. The van der Waals surface area contributed by atoms with Gasteiger partial charge in [0.2, 0.25) is 0 Å². The van der Waals surface area contributed by atoms with Crippen molar-refractivity contribution in [1.82, 2.24) is 5.43 Å². The van der Waals surface area contributed by atoms with E-state index in [1.54, 1.807) is 7.05 Å². The van der Waals surface area contributed by atoms with Crippen LogP contribution in [0.1, 0.15) is 19.4 Å². The monoisotopic (exact) mass is 176 g/mol. The quantitative estimate of drug-likeness (QED) is 0.554. The van der Waals surface area contributed by atoms with E-state index in [0.29, 0.717) is 0 Å². The maximum absolute atomic E-state index is 4.04. The smallest absolute Gasteiger partial charge is 0.0342 e. The van der Waals surface area contributed by atoms with Crippen LogP contribution in [0.3, 0.4) is 0 Å². The van der Waals surface area contributed by atoms with Crippen LogP contribution < -0.4 is 5.43 Å². The summed E-state index contributed by atoms with van der Waals surface area (Å²) >= 11 is 0. The first-order valence-corrected chi connectivity index (χ1v) is 4.43. The minimum atomic E-state index is -0.00965. The Kier molecular flexibility index (Phi) is 3.07. The largest absolute Gasteiger partial charge is 0.313 e. The van der Waals surface area contributed by atoms with Crippen molar-refractivity contribution in [2.45, 2.75) is 19.3 Å². The molecule has 0 heterocycles. The third kappa shape index (κ3) is 2.58. The molecule has 0 aliphatic carbocycles. The Morgan fingerprint density at radius 1 is 1.23 bits per heavy atom. The molecule has 0 spiro atoms. The van der Waals surface area contributed by atoms with Gasteiger partial charge in [-0.25, -0.2) is 0 Å². The van der Waals surface area contributed by atoms with Crippen molar-refractivity contribution in [3.8, 4) is 0 Å². The maximum atomic E-state index is 4.04. The molecule has 0 aliphatic heterocycles. The van der Waals surface area contributed by atoms with E-state index >= 15 is 0 Å². The summed E-state index contributed by atoms with van der Waals surface area (Å²) in [5.41, 5.74) is 4.03. The summed E-state index contributed by atoms with van der Waals surface area (Å²) in [5.74, 6) is 0. The topological polar surface area (TPSA) is 24.4 Å². The molecule has 2 nitrogen and oxygen atoms in total. The lowest BCUT2D eigenvalue weighted by atomic mass is 9.86. The van der Waals surface area contributed by atoms with E-state index in [9.17, 15) is 0 Å². The minimum absolute atomic E-state index is 0.00965. The number of nitrogens with zero attached hydrogens (tertiary/aromatic N) is 1. The fraction of sp³-hybridized carbons (Fsp3) is 0.364. The molecule has 0 bridgehead atoms. The highest BCUT2D eigenvalue weighted by Crippen LogP contribution is 2.19. The highest BCUT2D eigenvalue weighted by atomic mass is 15.3. The van der Waals surface area contributed by atoms with Gasteiger partial charge in [-0.3, -0.25) is 0 Å². The van der Waals surface area contributed by atoms with E-state index in [-0.39, 0.29) is 5.41 Å². The van der Waals surface area contributed by atoms with Crippen molar-refractivity contribution in [2.24, 2.45) is 5.10 Å². The number of benzene rings is 1. The molecule has 1 rings (SSSR count). The predicted octanol–water partition coefficient (Wildman–Crippen LogP) is 2.17. The van der Waals surface area contributed by atoms with E-state index in [4.69, 9.17) is 0 Å². The van der Waals surface area contributed by atoms with Crippen LogP contribution in [0.4, 0.5) is 0 Å². The molecule has 1 N–H and O–H groups in total. The zero-order valence-corrected chi connectivity index (χ0v) is 8.41. The molecule has 0 atom stereocenters. The zero-order chi connectivity index (χ0) is 9.73. The standard InChI is InChI=1S/C11H16N2/c1-11(2,9-13-12-3)10-7-5-4-6-8-10/h4-9,12H,1-3H3/b13-9+. The molecule has 0 saturated carbocycles. The Balaban J connectivity index is 2.87. The molecular formula is C11H16N2. The second kappa shape index (κ2) is 4.08. The Morgan fingerprint density at radius 3 is 2.38 bits per heavy atom. The van der Waals surface area contributed by atoms with E-state index < -0.39 is 0 Å². The second-order valence-corrected chi connectivity index (χ2v) is 3.57. The summed E-state index contributed by atoms with van der Waals surface area (Å²) in [6.45, 7) is 4.28. The highest BCUT2D eigenvalue weighted by Gasteiger charge is 2.16. The molecule has 1 aromatic rings. The van der Waals surface area contributed by atoms with Gasteiger partial charge in [0.05, 0.1) is 0 Å². The summed E-state index contributed by atoms with van der Waals surface area (Å²) < 4.78 is 0. The van der Waals surface area contributed by atoms with Crippen LogP contribution in [0, 0.1) is 0 Å². The van der Waals surface area contributed by atoms with Gasteiger partial charge in [0.25, 0.3) is 0 Å². The summed E-state index contributed by atoms with van der Waals surface area (Å²) in [7, 11) is 1.80. The van der Waals surface area contributed by atoms with Crippen molar-refractivity contribution < 1.29 is 0 Å². The molecule has 0 fully saturated rings. The Labute approximate surface area is 79.7 Å². The first-order valence-electron chi connectivity index (χ1n) is 4.43. The van der Waals surface area contributed by atoms with Crippen LogP contribution in [0.5, 0.6) is 0 Å². The van der Waals surface area contributed by atoms with Crippen LogP contribution in [0.15, 0.2) is 35.4 Å². The van der Waals surface area contributed by atoms with Crippen LogP contribution in [-0.2, 0) is 5.41 Å². The van der Waals surface area contributed by atoms with Gasteiger partial charge in [-0.1, -0.05) is 44.2 Å². The van der Waals surface area contributed by atoms with E-state index in [1.807, 2.05) is 24.4 Å². The average molecular weight is 176 g/mol. The number of nitrogens with one attached hydrogen (secondary N) is 1. The van der Waals surface area contributed by atoms with Crippen LogP contribution >= 0.6 is 0 Å². The van der Waals surface area contributed by atoms with Gasteiger partial charge in [-0.05, 0) is 5.56 Å². The van der Waals surface area contributed by atoms with Crippen molar-refractivity contribution >= 4 is 6.21 Å². The summed E-state index contributed by atoms with van der Waals surface area (Å²) in [5, 5.41) is 4.04. The van der Waals surface area contributed by atoms with Gasteiger partial charge in [-0.2, -0.15) is 5.10 Å². The molecule has 1 aromatic carbocycles. The first kappa shape index (κ1) is 9.78. The molecule has 0 amide bonds. The minimum Gasteiger partial charge on any atom is -0.313 e. The lowest BCUT2D eigenvalue weighted by Gasteiger charge is -2.19. The second-order valence-electron chi connectivity index (χ2n) is 3.57. The van der Waals surface area contributed by atoms with E-state index in [0.717, 1.165) is 0 Å². The first-order chi connectivity index (χ1) is 6.17. The number of hydrogen-bond acceptors (Lipinski definition) is 2. The molecule has 0 aliphatic rings. The lowest BCUT2D eigenvalue weighted by Crippen LogP contribution is -2.20. The number of rotatable bonds is 3. The molecule has 0 radical (unpaired) electrons. The lowest BCUT2D eigenvalue weighted by molar-refractivity contribution is 0.721. The third-order valence-electron chi connectivity index (χ3n) is 2.03. The molecule has 70 valence electrons. The fourth-order valence-electron chi connectivity index (χ4n) is 1.17. The zero-order valence-electron chi connectivity index (χ0n) is 8.41. The van der Waals surface area contributed by atoms with Crippen molar-refractivity contribution in [3.05, 3.63) is 35.9 Å². The Bertz CT molecular complexity index is 275. The van der Waals surface area contributed by atoms with Gasteiger partial charge >= 0.3 is 0 Å².